The third-order valence-electron chi connectivity index (χ3n) is 2.76. The number of pyridine rings is 1. The van der Waals surface area contributed by atoms with Crippen molar-refractivity contribution in [2.24, 2.45) is 0 Å². The van der Waals surface area contributed by atoms with Crippen LogP contribution in [0.2, 0.25) is 0 Å². The Balaban J connectivity index is 2.22. The number of aromatic nitrogens is 1. The second-order valence-corrected chi connectivity index (χ2v) is 5.17. The van der Waals surface area contributed by atoms with E-state index < -0.39 is 5.97 Å². The number of halogens is 1. The van der Waals surface area contributed by atoms with Gasteiger partial charge in [-0.05, 0) is 51.8 Å². The lowest BCUT2D eigenvalue weighted by Crippen LogP contribution is -2.00. The van der Waals surface area contributed by atoms with Gasteiger partial charge in [0, 0.05) is 12.3 Å². The number of carboxylic acid groups (broad SMARTS) is 1. The van der Waals surface area contributed by atoms with Crippen LogP contribution < -0.4 is 9.47 Å². The molecule has 1 N–H and O–H groups in total. The van der Waals surface area contributed by atoms with E-state index in [2.05, 4.69) is 20.9 Å². The van der Waals surface area contributed by atoms with E-state index in [1.807, 2.05) is 18.2 Å². The summed E-state index contributed by atoms with van der Waals surface area (Å²) in [6.07, 6.45) is 4.25. The molecule has 0 spiro atoms. The van der Waals surface area contributed by atoms with Gasteiger partial charge in [-0.15, -0.1) is 0 Å². The molecular formula is C16H14BrNO4. The first kappa shape index (κ1) is 16.0. The van der Waals surface area contributed by atoms with Crippen LogP contribution in [-0.2, 0) is 11.4 Å². The Labute approximate surface area is 136 Å². The van der Waals surface area contributed by atoms with E-state index >= 15 is 0 Å². The summed E-state index contributed by atoms with van der Waals surface area (Å²) in [5, 5.41) is 8.67. The summed E-state index contributed by atoms with van der Waals surface area (Å²) in [5.41, 5.74) is 1.49. The highest BCUT2D eigenvalue weighted by molar-refractivity contribution is 9.10. The number of nitrogens with zero attached hydrogens (tertiary/aromatic N) is 1. The number of rotatable bonds is 6. The Bertz CT molecular complexity index is 686. The van der Waals surface area contributed by atoms with E-state index in [9.17, 15) is 4.79 Å². The zero-order valence-electron chi connectivity index (χ0n) is 11.8. The molecule has 0 fully saturated rings. The molecule has 1 heterocycles. The van der Waals surface area contributed by atoms with Gasteiger partial charge in [-0.1, -0.05) is 6.07 Å². The molecule has 0 atom stereocenters. The number of methoxy groups -OCH3 is 1. The molecule has 2 rings (SSSR count). The number of ether oxygens (including phenoxy) is 2. The van der Waals surface area contributed by atoms with Gasteiger partial charge in [0.15, 0.2) is 11.5 Å². The topological polar surface area (TPSA) is 68.7 Å². The van der Waals surface area contributed by atoms with Gasteiger partial charge >= 0.3 is 5.97 Å². The molecule has 0 unspecified atom stereocenters. The molecule has 0 radical (unpaired) electrons. The van der Waals surface area contributed by atoms with Crippen LogP contribution in [0.15, 0.2) is 47.1 Å². The summed E-state index contributed by atoms with van der Waals surface area (Å²) >= 11 is 3.41. The molecule has 0 bridgehead atoms. The van der Waals surface area contributed by atoms with Crippen molar-refractivity contribution in [3.63, 3.8) is 0 Å². The SMILES string of the molecule is COc1cc(C=CC(=O)O)cc(Br)c1OCc1ccccn1. The molecule has 6 heteroatoms. The summed E-state index contributed by atoms with van der Waals surface area (Å²) in [7, 11) is 1.53. The molecule has 1 aromatic heterocycles. The molecular weight excluding hydrogens is 350 g/mol. The molecule has 0 aliphatic heterocycles. The molecule has 0 saturated carbocycles. The monoisotopic (exact) mass is 363 g/mol. The highest BCUT2D eigenvalue weighted by atomic mass is 79.9. The number of hydrogen-bond donors (Lipinski definition) is 1. The first-order chi connectivity index (χ1) is 10.6. The summed E-state index contributed by atoms with van der Waals surface area (Å²) < 4.78 is 11.7. The Kier molecular flexibility index (Phi) is 5.55. The Morgan fingerprint density at radius 3 is 2.86 bits per heavy atom. The van der Waals surface area contributed by atoms with Crippen molar-refractivity contribution in [2.45, 2.75) is 6.61 Å². The van der Waals surface area contributed by atoms with Gasteiger partial charge < -0.3 is 14.6 Å². The predicted octanol–water partition coefficient (Wildman–Crippen LogP) is 3.53. The van der Waals surface area contributed by atoms with Crippen molar-refractivity contribution in [1.82, 2.24) is 4.98 Å². The van der Waals surface area contributed by atoms with E-state index in [-0.39, 0.29) is 0 Å². The molecule has 2 aromatic rings. The Hall–Kier alpha value is -2.34. The van der Waals surface area contributed by atoms with Gasteiger partial charge in [0.2, 0.25) is 0 Å². The molecule has 0 aliphatic carbocycles. The molecule has 5 nitrogen and oxygen atoms in total. The van der Waals surface area contributed by atoms with Crippen molar-refractivity contribution < 1.29 is 19.4 Å². The van der Waals surface area contributed by atoms with Crippen molar-refractivity contribution in [3.05, 3.63) is 58.3 Å². The number of carbonyl (C=O) groups is 1. The van der Waals surface area contributed by atoms with Gasteiger partial charge in [0.05, 0.1) is 17.3 Å². The molecule has 0 aliphatic rings. The molecule has 114 valence electrons. The maximum Gasteiger partial charge on any atom is 0.328 e. The lowest BCUT2D eigenvalue weighted by molar-refractivity contribution is -0.131. The van der Waals surface area contributed by atoms with Crippen molar-refractivity contribution >= 4 is 28.0 Å². The average Bonchev–Trinajstić information content (AvgIpc) is 2.52. The number of aliphatic carboxylic acids is 1. The van der Waals surface area contributed by atoms with Gasteiger partial charge in [-0.3, -0.25) is 4.98 Å². The predicted molar refractivity (Wildman–Crippen MR) is 85.9 cm³/mol. The zero-order chi connectivity index (χ0) is 15.9. The van der Waals surface area contributed by atoms with Crippen molar-refractivity contribution in [1.29, 1.82) is 0 Å². The third-order valence-corrected chi connectivity index (χ3v) is 3.35. The van der Waals surface area contributed by atoms with Crippen LogP contribution >= 0.6 is 15.9 Å². The van der Waals surface area contributed by atoms with E-state index in [4.69, 9.17) is 14.6 Å². The second kappa shape index (κ2) is 7.61. The quantitative estimate of drug-likeness (QED) is 0.795. The summed E-state index contributed by atoms with van der Waals surface area (Å²) in [6, 6.07) is 9.05. The lowest BCUT2D eigenvalue weighted by atomic mass is 10.2. The van der Waals surface area contributed by atoms with Gasteiger partial charge in [0.25, 0.3) is 0 Å². The van der Waals surface area contributed by atoms with E-state index in [1.165, 1.54) is 13.2 Å². The normalized spacial score (nSPS) is 10.6. The first-order valence-corrected chi connectivity index (χ1v) is 7.20. The minimum Gasteiger partial charge on any atom is -0.493 e. The van der Waals surface area contributed by atoms with Crippen LogP contribution in [-0.4, -0.2) is 23.2 Å². The maximum absolute atomic E-state index is 10.6. The van der Waals surface area contributed by atoms with Crippen LogP contribution in [0, 0.1) is 0 Å². The fraction of sp³-hybridized carbons (Fsp3) is 0.125. The minimum atomic E-state index is -1.01. The van der Waals surface area contributed by atoms with Crippen molar-refractivity contribution in [3.8, 4) is 11.5 Å². The van der Waals surface area contributed by atoms with Crippen LogP contribution in [0.25, 0.3) is 6.08 Å². The van der Waals surface area contributed by atoms with E-state index in [0.29, 0.717) is 28.1 Å². The molecule has 0 saturated heterocycles. The Morgan fingerprint density at radius 2 is 2.23 bits per heavy atom. The smallest absolute Gasteiger partial charge is 0.328 e. The van der Waals surface area contributed by atoms with Crippen LogP contribution in [0.1, 0.15) is 11.3 Å². The molecule has 0 amide bonds. The molecule has 22 heavy (non-hydrogen) atoms. The van der Waals surface area contributed by atoms with Crippen LogP contribution in [0.4, 0.5) is 0 Å². The second-order valence-electron chi connectivity index (χ2n) is 4.32. The van der Waals surface area contributed by atoms with Gasteiger partial charge in [-0.2, -0.15) is 0 Å². The van der Waals surface area contributed by atoms with Crippen LogP contribution in [0.3, 0.4) is 0 Å². The highest BCUT2D eigenvalue weighted by Gasteiger charge is 2.11. The minimum absolute atomic E-state index is 0.306. The van der Waals surface area contributed by atoms with E-state index in [1.54, 1.807) is 18.3 Å². The number of benzene rings is 1. The molecule has 1 aromatic carbocycles. The van der Waals surface area contributed by atoms with Gasteiger partial charge in [0.1, 0.15) is 6.61 Å². The Morgan fingerprint density at radius 1 is 1.41 bits per heavy atom. The lowest BCUT2D eigenvalue weighted by Gasteiger charge is -2.13. The first-order valence-electron chi connectivity index (χ1n) is 6.41. The summed E-state index contributed by atoms with van der Waals surface area (Å²) in [6.45, 7) is 0.306. The maximum atomic E-state index is 10.6. The highest BCUT2D eigenvalue weighted by Crippen LogP contribution is 2.37. The summed E-state index contributed by atoms with van der Waals surface area (Å²) in [5.74, 6) is 0.0431. The number of hydrogen-bond acceptors (Lipinski definition) is 4. The van der Waals surface area contributed by atoms with Crippen molar-refractivity contribution in [2.75, 3.05) is 7.11 Å². The standard InChI is InChI=1S/C16H14BrNO4/c1-21-14-9-11(5-6-15(19)20)8-13(17)16(14)22-10-12-4-2-3-7-18-12/h2-9H,10H2,1H3,(H,19,20). The van der Waals surface area contributed by atoms with E-state index in [0.717, 1.165) is 11.8 Å². The summed E-state index contributed by atoms with van der Waals surface area (Å²) in [4.78, 5) is 14.8. The van der Waals surface area contributed by atoms with Crippen LogP contribution in [0.5, 0.6) is 11.5 Å². The third kappa shape index (κ3) is 4.33. The fourth-order valence-electron chi connectivity index (χ4n) is 1.77. The zero-order valence-corrected chi connectivity index (χ0v) is 13.4. The average molecular weight is 364 g/mol. The largest absolute Gasteiger partial charge is 0.493 e. The fourth-order valence-corrected chi connectivity index (χ4v) is 2.35. The van der Waals surface area contributed by atoms with Gasteiger partial charge in [-0.25, -0.2) is 4.79 Å². The number of carboxylic acids is 1.